The zero-order valence-corrected chi connectivity index (χ0v) is 18.9. The molecule has 4 heterocycles. The van der Waals surface area contributed by atoms with Gasteiger partial charge in [0.25, 0.3) is 0 Å². The summed E-state index contributed by atoms with van der Waals surface area (Å²) in [7, 11) is 0. The summed E-state index contributed by atoms with van der Waals surface area (Å²) in [5.74, 6) is 3.33. The minimum atomic E-state index is 0.646. The van der Waals surface area contributed by atoms with Crippen molar-refractivity contribution >= 4 is 28.8 Å². The van der Waals surface area contributed by atoms with Gasteiger partial charge in [-0.2, -0.15) is 0 Å². The standard InChI is InChI=1S/C21H34IN5/c1-17-2-10-26(11-3-17)21-23-14-20(15-24-21)19-6-8-25(9-7-19)16-18-4-12-27(22)13-5-18/h14-15,17-19H,2-13,16H2,1H3. The van der Waals surface area contributed by atoms with Gasteiger partial charge in [0, 0.05) is 68.0 Å². The van der Waals surface area contributed by atoms with Gasteiger partial charge in [0.2, 0.25) is 5.95 Å². The maximum Gasteiger partial charge on any atom is 0.225 e. The topological polar surface area (TPSA) is 35.5 Å². The van der Waals surface area contributed by atoms with Crippen LogP contribution in [0.1, 0.15) is 56.9 Å². The van der Waals surface area contributed by atoms with Gasteiger partial charge in [0.15, 0.2) is 0 Å². The predicted octanol–water partition coefficient (Wildman–Crippen LogP) is 3.95. The molecule has 1 aromatic heterocycles. The Morgan fingerprint density at radius 3 is 2.15 bits per heavy atom. The second kappa shape index (κ2) is 9.35. The Labute approximate surface area is 178 Å². The third-order valence-electron chi connectivity index (χ3n) is 6.86. The molecule has 0 unspecified atom stereocenters. The lowest BCUT2D eigenvalue weighted by atomic mass is 9.90. The lowest BCUT2D eigenvalue weighted by Crippen LogP contribution is -2.39. The van der Waals surface area contributed by atoms with Crippen LogP contribution in [0.15, 0.2) is 12.4 Å². The minimum Gasteiger partial charge on any atom is -0.341 e. The lowest BCUT2D eigenvalue weighted by Gasteiger charge is -2.36. The quantitative estimate of drug-likeness (QED) is 0.479. The van der Waals surface area contributed by atoms with E-state index >= 15 is 0 Å². The fourth-order valence-corrected chi connectivity index (χ4v) is 5.37. The second-order valence-electron chi connectivity index (χ2n) is 8.91. The number of likely N-dealkylation sites (tertiary alicyclic amines) is 1. The normalized spacial score (nSPS) is 25.2. The van der Waals surface area contributed by atoms with E-state index in [2.05, 4.69) is 55.1 Å². The second-order valence-corrected chi connectivity index (χ2v) is 10.3. The molecule has 0 bridgehead atoms. The van der Waals surface area contributed by atoms with Gasteiger partial charge in [-0.3, -0.25) is 0 Å². The van der Waals surface area contributed by atoms with E-state index in [1.165, 1.54) is 76.8 Å². The summed E-state index contributed by atoms with van der Waals surface area (Å²) in [6, 6.07) is 0. The molecule has 0 amide bonds. The molecule has 0 saturated carbocycles. The molecule has 3 aliphatic heterocycles. The Kier molecular flexibility index (Phi) is 6.87. The first-order valence-electron chi connectivity index (χ1n) is 10.9. The number of halogens is 1. The van der Waals surface area contributed by atoms with Crippen molar-refractivity contribution in [2.24, 2.45) is 11.8 Å². The van der Waals surface area contributed by atoms with E-state index in [4.69, 9.17) is 9.97 Å². The van der Waals surface area contributed by atoms with Crippen LogP contribution in [0.2, 0.25) is 0 Å². The van der Waals surface area contributed by atoms with Gasteiger partial charge in [0.1, 0.15) is 0 Å². The molecular formula is C21H34IN5. The first-order valence-corrected chi connectivity index (χ1v) is 11.8. The molecule has 3 saturated heterocycles. The molecule has 27 heavy (non-hydrogen) atoms. The highest BCUT2D eigenvalue weighted by Crippen LogP contribution is 2.30. The van der Waals surface area contributed by atoms with Crippen molar-refractivity contribution in [1.82, 2.24) is 18.0 Å². The largest absolute Gasteiger partial charge is 0.341 e. The number of nitrogens with zero attached hydrogens (tertiary/aromatic N) is 5. The Bertz CT molecular complexity index is 571. The summed E-state index contributed by atoms with van der Waals surface area (Å²) in [6.07, 6.45) is 12.0. The fraction of sp³-hybridized carbons (Fsp3) is 0.810. The summed E-state index contributed by atoms with van der Waals surface area (Å²) in [4.78, 5) is 14.5. The molecule has 0 radical (unpaired) electrons. The molecule has 3 aliphatic rings. The summed E-state index contributed by atoms with van der Waals surface area (Å²) in [5.41, 5.74) is 1.35. The van der Waals surface area contributed by atoms with Gasteiger partial charge < -0.3 is 9.80 Å². The van der Waals surface area contributed by atoms with Crippen LogP contribution in [-0.4, -0.2) is 63.8 Å². The average molecular weight is 483 g/mol. The smallest absolute Gasteiger partial charge is 0.225 e. The monoisotopic (exact) mass is 483 g/mol. The Balaban J connectivity index is 1.24. The number of anilines is 1. The maximum atomic E-state index is 4.72. The maximum absolute atomic E-state index is 4.72. The van der Waals surface area contributed by atoms with E-state index in [9.17, 15) is 0 Å². The number of aromatic nitrogens is 2. The molecule has 150 valence electrons. The lowest BCUT2D eigenvalue weighted by molar-refractivity contribution is 0.158. The minimum absolute atomic E-state index is 0.646. The summed E-state index contributed by atoms with van der Waals surface area (Å²) >= 11 is 2.47. The van der Waals surface area contributed by atoms with E-state index in [1.807, 2.05) is 0 Å². The molecule has 6 heteroatoms. The van der Waals surface area contributed by atoms with Crippen LogP contribution in [0.5, 0.6) is 0 Å². The molecule has 0 spiro atoms. The first kappa shape index (κ1) is 19.8. The van der Waals surface area contributed by atoms with Crippen molar-refractivity contribution in [1.29, 1.82) is 0 Å². The van der Waals surface area contributed by atoms with Gasteiger partial charge in [-0.25, -0.2) is 13.1 Å². The Hall–Kier alpha value is -0.470. The van der Waals surface area contributed by atoms with Gasteiger partial charge in [-0.05, 0) is 74.9 Å². The highest BCUT2D eigenvalue weighted by atomic mass is 127. The van der Waals surface area contributed by atoms with Gasteiger partial charge in [-0.15, -0.1) is 0 Å². The molecule has 0 aliphatic carbocycles. The fourth-order valence-electron chi connectivity index (χ4n) is 4.81. The highest BCUT2D eigenvalue weighted by molar-refractivity contribution is 14.1. The van der Waals surface area contributed by atoms with Crippen LogP contribution in [-0.2, 0) is 0 Å². The van der Waals surface area contributed by atoms with Crippen LogP contribution in [0.4, 0.5) is 5.95 Å². The Morgan fingerprint density at radius 2 is 1.52 bits per heavy atom. The zero-order valence-electron chi connectivity index (χ0n) is 16.7. The summed E-state index contributed by atoms with van der Waals surface area (Å²) < 4.78 is 2.44. The SMILES string of the molecule is CC1CCN(c2ncc(C3CCN(CC4CCN(I)CC4)CC3)cn2)CC1. The van der Waals surface area contributed by atoms with Crippen LogP contribution in [0, 0.1) is 11.8 Å². The molecule has 0 N–H and O–H groups in total. The average Bonchev–Trinajstić information content (AvgIpc) is 2.71. The van der Waals surface area contributed by atoms with Gasteiger partial charge in [0.05, 0.1) is 0 Å². The van der Waals surface area contributed by atoms with E-state index in [1.54, 1.807) is 0 Å². The molecule has 3 fully saturated rings. The van der Waals surface area contributed by atoms with E-state index < -0.39 is 0 Å². The highest BCUT2D eigenvalue weighted by Gasteiger charge is 2.25. The number of hydrogen-bond donors (Lipinski definition) is 0. The molecular weight excluding hydrogens is 449 g/mol. The molecule has 4 rings (SSSR count). The van der Waals surface area contributed by atoms with E-state index in [-0.39, 0.29) is 0 Å². The zero-order chi connectivity index (χ0) is 18.6. The van der Waals surface area contributed by atoms with Crippen LogP contribution >= 0.6 is 22.9 Å². The number of hydrogen-bond acceptors (Lipinski definition) is 5. The molecule has 0 aromatic carbocycles. The molecule has 0 atom stereocenters. The summed E-state index contributed by atoms with van der Waals surface area (Å²) in [6.45, 7) is 10.9. The van der Waals surface area contributed by atoms with Crippen molar-refractivity contribution in [3.63, 3.8) is 0 Å². The molecule has 1 aromatic rings. The van der Waals surface area contributed by atoms with Crippen LogP contribution in [0.25, 0.3) is 0 Å². The molecule has 5 nitrogen and oxygen atoms in total. The van der Waals surface area contributed by atoms with Crippen molar-refractivity contribution in [2.75, 3.05) is 50.7 Å². The Morgan fingerprint density at radius 1 is 0.889 bits per heavy atom. The van der Waals surface area contributed by atoms with Crippen LogP contribution in [0.3, 0.4) is 0 Å². The van der Waals surface area contributed by atoms with Gasteiger partial charge in [-0.1, -0.05) is 6.92 Å². The predicted molar refractivity (Wildman–Crippen MR) is 119 cm³/mol. The van der Waals surface area contributed by atoms with E-state index in [0.717, 1.165) is 30.9 Å². The van der Waals surface area contributed by atoms with Crippen molar-refractivity contribution in [3.8, 4) is 0 Å². The van der Waals surface area contributed by atoms with Gasteiger partial charge >= 0.3 is 0 Å². The number of rotatable bonds is 4. The van der Waals surface area contributed by atoms with E-state index in [0.29, 0.717) is 5.92 Å². The van der Waals surface area contributed by atoms with Crippen LogP contribution < -0.4 is 4.90 Å². The summed E-state index contributed by atoms with van der Waals surface area (Å²) in [5, 5.41) is 0. The third kappa shape index (κ3) is 5.32. The third-order valence-corrected chi connectivity index (χ3v) is 7.82. The number of piperidine rings is 3. The van der Waals surface area contributed by atoms with Crippen molar-refractivity contribution < 1.29 is 0 Å². The van der Waals surface area contributed by atoms with Crippen molar-refractivity contribution in [3.05, 3.63) is 18.0 Å². The first-order chi connectivity index (χ1) is 13.2. The van der Waals surface area contributed by atoms with Crippen molar-refractivity contribution in [2.45, 2.75) is 51.4 Å².